The molecule has 0 aliphatic heterocycles. The lowest BCUT2D eigenvalue weighted by Crippen LogP contribution is -2.18. The molecule has 47 valence electrons. The van der Waals surface area contributed by atoms with Crippen molar-refractivity contribution in [2.45, 2.75) is 0 Å². The second kappa shape index (κ2) is 3.40. The van der Waals surface area contributed by atoms with E-state index >= 15 is 0 Å². The Hall–Kier alpha value is -0.610. The molecule has 0 saturated heterocycles. The van der Waals surface area contributed by atoms with Gasteiger partial charge in [0.25, 0.3) is 0 Å². The summed E-state index contributed by atoms with van der Waals surface area (Å²) in [6, 6.07) is 0. The molecule has 0 amide bonds. The highest BCUT2D eigenvalue weighted by Crippen LogP contribution is 1.93. The minimum absolute atomic E-state index is 0.287. The number of hydrogen-bond acceptors (Lipinski definition) is 3. The van der Waals surface area contributed by atoms with Crippen molar-refractivity contribution in [3.05, 3.63) is 5.92 Å². The molecule has 0 spiro atoms. The van der Waals surface area contributed by atoms with E-state index in [2.05, 4.69) is 0 Å². The van der Waals surface area contributed by atoms with Crippen molar-refractivity contribution in [1.29, 1.82) is 0 Å². The molecule has 8 heavy (non-hydrogen) atoms. The van der Waals surface area contributed by atoms with Crippen molar-refractivity contribution in [3.63, 3.8) is 0 Å². The molecule has 0 aromatic rings. The Kier molecular flexibility index (Phi) is 3.14. The zero-order chi connectivity index (χ0) is 6.57. The maximum Gasteiger partial charge on any atom is 0.315 e. The molecular weight excluding hydrogens is 112 g/mol. The first-order valence-corrected chi connectivity index (χ1v) is 2.02. The molecule has 0 atom stereocenters. The van der Waals surface area contributed by atoms with Gasteiger partial charge in [-0.05, 0) is 0 Å². The maximum atomic E-state index is 9.80. The van der Waals surface area contributed by atoms with E-state index in [1.165, 1.54) is 0 Å². The molecule has 1 radical (unpaired) electrons. The molecule has 0 bridgehead atoms. The lowest BCUT2D eigenvalue weighted by molar-refractivity contribution is -0.136. The van der Waals surface area contributed by atoms with Gasteiger partial charge in [0.15, 0.2) is 0 Å². The normalized spacial score (nSPS) is 9.88. The Morgan fingerprint density at radius 2 is 1.62 bits per heavy atom. The first kappa shape index (κ1) is 7.39. The Morgan fingerprint density at radius 1 is 1.25 bits per heavy atom. The molecule has 0 heterocycles. The van der Waals surface area contributed by atoms with Crippen LogP contribution in [0.4, 0.5) is 0 Å². The van der Waals surface area contributed by atoms with Crippen molar-refractivity contribution < 1.29 is 20.1 Å². The number of carbonyl (C=O) groups is 1. The average Bonchev–Trinajstić information content (AvgIpc) is 1.69. The van der Waals surface area contributed by atoms with Crippen LogP contribution in [0.5, 0.6) is 0 Å². The third kappa shape index (κ3) is 1.90. The van der Waals surface area contributed by atoms with Gasteiger partial charge in [-0.15, -0.1) is 0 Å². The smallest absolute Gasteiger partial charge is 0.315 e. The van der Waals surface area contributed by atoms with E-state index in [1.54, 1.807) is 0 Å². The molecule has 0 unspecified atom stereocenters. The van der Waals surface area contributed by atoms with Gasteiger partial charge >= 0.3 is 5.97 Å². The Bertz CT molecular complexity index is 76.1. The van der Waals surface area contributed by atoms with Crippen LogP contribution in [0, 0.1) is 5.92 Å². The van der Waals surface area contributed by atoms with Crippen molar-refractivity contribution in [3.8, 4) is 0 Å². The number of aliphatic hydroxyl groups excluding tert-OH is 2. The molecule has 0 aliphatic carbocycles. The minimum atomic E-state index is -1.25. The number of carboxylic acid groups (broad SMARTS) is 1. The number of rotatable bonds is 3. The standard InChI is InChI=1S/C4H7O4/c5-1-3(2-6)4(7)8/h5-6H,1-2H2,(H,7,8). The molecule has 0 aliphatic rings. The quantitative estimate of drug-likeness (QED) is 0.428. The van der Waals surface area contributed by atoms with Crippen molar-refractivity contribution in [2.75, 3.05) is 13.2 Å². The molecule has 0 saturated carbocycles. The van der Waals surface area contributed by atoms with E-state index in [9.17, 15) is 4.79 Å². The van der Waals surface area contributed by atoms with Gasteiger partial charge in [0.05, 0.1) is 13.2 Å². The van der Waals surface area contributed by atoms with Gasteiger partial charge in [0.1, 0.15) is 5.92 Å². The molecule has 0 aromatic carbocycles. The fourth-order valence-electron chi connectivity index (χ4n) is 0.185. The summed E-state index contributed by atoms with van der Waals surface area (Å²) in [5.74, 6) is -1.54. The van der Waals surface area contributed by atoms with Gasteiger partial charge in [0, 0.05) is 0 Å². The highest BCUT2D eigenvalue weighted by atomic mass is 16.4. The Balaban J connectivity index is 3.52. The van der Waals surface area contributed by atoms with Crippen LogP contribution in [0.3, 0.4) is 0 Å². The van der Waals surface area contributed by atoms with Crippen LogP contribution in [-0.2, 0) is 4.79 Å². The van der Waals surface area contributed by atoms with E-state index in [4.69, 9.17) is 15.3 Å². The van der Waals surface area contributed by atoms with Crippen LogP contribution in [0.25, 0.3) is 0 Å². The summed E-state index contributed by atoms with van der Waals surface area (Å²) in [6.07, 6.45) is 0. The fourth-order valence-corrected chi connectivity index (χ4v) is 0.185. The van der Waals surface area contributed by atoms with Crippen LogP contribution in [0.15, 0.2) is 0 Å². The highest BCUT2D eigenvalue weighted by molar-refractivity contribution is 5.82. The topological polar surface area (TPSA) is 77.8 Å². The third-order valence-corrected chi connectivity index (χ3v) is 0.684. The fraction of sp³-hybridized carbons (Fsp3) is 0.500. The zero-order valence-corrected chi connectivity index (χ0v) is 4.16. The SMILES string of the molecule is O=C(O)[C](CO)CO. The van der Waals surface area contributed by atoms with E-state index in [0.29, 0.717) is 0 Å². The van der Waals surface area contributed by atoms with E-state index in [0.717, 1.165) is 0 Å². The Labute approximate surface area is 46.4 Å². The maximum absolute atomic E-state index is 9.80. The number of aliphatic hydroxyl groups is 2. The van der Waals surface area contributed by atoms with E-state index < -0.39 is 19.2 Å². The largest absolute Gasteiger partial charge is 0.481 e. The second-order valence-electron chi connectivity index (χ2n) is 1.22. The summed E-state index contributed by atoms with van der Waals surface area (Å²) in [5.41, 5.74) is 0. The first-order chi connectivity index (χ1) is 3.72. The summed E-state index contributed by atoms with van der Waals surface area (Å²) in [7, 11) is 0. The molecule has 0 aromatic heterocycles. The van der Waals surface area contributed by atoms with Crippen LogP contribution in [0.2, 0.25) is 0 Å². The summed E-state index contributed by atoms with van der Waals surface area (Å²) in [4.78, 5) is 9.80. The Morgan fingerprint density at radius 3 is 1.62 bits per heavy atom. The third-order valence-electron chi connectivity index (χ3n) is 0.684. The van der Waals surface area contributed by atoms with Gasteiger partial charge in [-0.25, -0.2) is 0 Å². The number of carboxylic acids is 1. The summed E-state index contributed by atoms with van der Waals surface area (Å²) >= 11 is 0. The summed E-state index contributed by atoms with van der Waals surface area (Å²) in [5, 5.41) is 24.3. The molecule has 4 nitrogen and oxygen atoms in total. The number of hydrogen-bond donors (Lipinski definition) is 3. The van der Waals surface area contributed by atoms with Crippen molar-refractivity contribution >= 4 is 5.97 Å². The molecule has 4 heteroatoms. The number of aliphatic carboxylic acids is 1. The zero-order valence-electron chi connectivity index (χ0n) is 4.16. The molecule has 3 N–H and O–H groups in total. The average molecular weight is 119 g/mol. The summed E-state index contributed by atoms with van der Waals surface area (Å²) in [6.45, 7) is -1.18. The van der Waals surface area contributed by atoms with E-state index in [1.807, 2.05) is 0 Å². The predicted octanol–water partition coefficient (Wildman–Crippen LogP) is -1.37. The highest BCUT2D eigenvalue weighted by Gasteiger charge is 2.14. The van der Waals surface area contributed by atoms with Gasteiger partial charge in [-0.1, -0.05) is 0 Å². The molecule has 0 rings (SSSR count). The predicted molar refractivity (Wildman–Crippen MR) is 25.1 cm³/mol. The van der Waals surface area contributed by atoms with Gasteiger partial charge in [0.2, 0.25) is 0 Å². The van der Waals surface area contributed by atoms with Crippen molar-refractivity contribution in [1.82, 2.24) is 0 Å². The van der Waals surface area contributed by atoms with Crippen molar-refractivity contribution in [2.24, 2.45) is 0 Å². The molecule has 0 fully saturated rings. The first-order valence-electron chi connectivity index (χ1n) is 2.02. The summed E-state index contributed by atoms with van der Waals surface area (Å²) < 4.78 is 0. The van der Waals surface area contributed by atoms with Gasteiger partial charge < -0.3 is 15.3 Å². The van der Waals surface area contributed by atoms with Crippen LogP contribution in [-0.4, -0.2) is 34.5 Å². The second-order valence-corrected chi connectivity index (χ2v) is 1.22. The molecular formula is C4H7O4. The lowest BCUT2D eigenvalue weighted by Gasteiger charge is -1.99. The van der Waals surface area contributed by atoms with Gasteiger partial charge in [-0.3, -0.25) is 4.79 Å². The monoisotopic (exact) mass is 119 g/mol. The van der Waals surface area contributed by atoms with Crippen LogP contribution < -0.4 is 0 Å². The minimum Gasteiger partial charge on any atom is -0.481 e. The van der Waals surface area contributed by atoms with E-state index in [-0.39, 0.29) is 5.92 Å². The van der Waals surface area contributed by atoms with Crippen LogP contribution in [0.1, 0.15) is 0 Å². The lowest BCUT2D eigenvalue weighted by atomic mass is 10.2. The van der Waals surface area contributed by atoms with Crippen LogP contribution >= 0.6 is 0 Å². The van der Waals surface area contributed by atoms with Gasteiger partial charge in [-0.2, -0.15) is 0 Å².